The molecule has 1 N–H and O–H groups in total. The van der Waals surface area contributed by atoms with E-state index in [1.807, 2.05) is 87.5 Å². The number of nitrogens with one attached hydrogen (secondary N) is 1. The summed E-state index contributed by atoms with van der Waals surface area (Å²) in [5.41, 5.74) is 5.21. The molecule has 0 aliphatic rings. The number of aryl methyl sites for hydroxylation is 2. The fourth-order valence-electron chi connectivity index (χ4n) is 4.13. The summed E-state index contributed by atoms with van der Waals surface area (Å²) in [7, 11) is 0. The molecule has 0 heterocycles. The summed E-state index contributed by atoms with van der Waals surface area (Å²) in [6.07, 6.45) is 0.709. The number of benzene rings is 3. The molecular weight excluding hydrogens is 476 g/mol. The Balaban J connectivity index is 1.97. The van der Waals surface area contributed by atoms with Crippen molar-refractivity contribution in [1.29, 1.82) is 0 Å². The van der Waals surface area contributed by atoms with Crippen LogP contribution in [-0.4, -0.2) is 29.3 Å². The molecule has 0 fully saturated rings. The number of rotatable bonds is 9. The minimum atomic E-state index is -0.607. The van der Waals surface area contributed by atoms with E-state index in [1.54, 1.807) is 4.90 Å². The molecule has 3 rings (SSSR count). The monoisotopic (exact) mass is 506 g/mol. The zero-order chi connectivity index (χ0) is 23.8. The smallest absolute Gasteiger partial charge is 0.243 e. The molecule has 0 aliphatic carbocycles. The van der Waals surface area contributed by atoms with Gasteiger partial charge in [0.2, 0.25) is 11.8 Å². The molecule has 0 saturated carbocycles. The molecule has 4 nitrogen and oxygen atoms in total. The van der Waals surface area contributed by atoms with Crippen LogP contribution in [-0.2, 0) is 29.0 Å². The Morgan fingerprint density at radius 1 is 0.879 bits per heavy atom. The van der Waals surface area contributed by atoms with Gasteiger partial charge in [0.1, 0.15) is 6.04 Å². The molecule has 3 aromatic rings. The van der Waals surface area contributed by atoms with Gasteiger partial charge >= 0.3 is 0 Å². The van der Waals surface area contributed by atoms with Crippen molar-refractivity contribution in [3.05, 3.63) is 105 Å². The SMILES string of the molecule is CCNC(=O)[C@H](Cc1ccccc1)N(Cc1cccc(Br)c1)C(=O)Cc1cc(C)cc(C)c1. The van der Waals surface area contributed by atoms with E-state index < -0.39 is 6.04 Å². The summed E-state index contributed by atoms with van der Waals surface area (Å²) in [5.74, 6) is -0.197. The predicted octanol–water partition coefficient (Wildman–Crippen LogP) is 5.38. The molecule has 0 aliphatic heterocycles. The van der Waals surface area contributed by atoms with E-state index in [0.29, 0.717) is 19.5 Å². The number of likely N-dealkylation sites (N-methyl/N-ethyl adjacent to an activating group) is 1. The van der Waals surface area contributed by atoms with Gasteiger partial charge in [-0.3, -0.25) is 9.59 Å². The van der Waals surface area contributed by atoms with E-state index in [9.17, 15) is 9.59 Å². The Hall–Kier alpha value is -2.92. The van der Waals surface area contributed by atoms with Crippen LogP contribution in [0.2, 0.25) is 0 Å². The van der Waals surface area contributed by atoms with E-state index in [2.05, 4.69) is 27.3 Å². The highest BCUT2D eigenvalue weighted by Crippen LogP contribution is 2.19. The molecule has 5 heteroatoms. The predicted molar refractivity (Wildman–Crippen MR) is 137 cm³/mol. The largest absolute Gasteiger partial charge is 0.355 e. The average molecular weight is 507 g/mol. The Kier molecular flexibility index (Phi) is 8.84. The van der Waals surface area contributed by atoms with Gasteiger partial charge in [-0.05, 0) is 49.6 Å². The molecule has 3 aromatic carbocycles. The third-order valence-corrected chi connectivity index (χ3v) is 5.99. The Bertz CT molecular complexity index is 1080. The van der Waals surface area contributed by atoms with Crippen LogP contribution in [0.4, 0.5) is 0 Å². The normalized spacial score (nSPS) is 11.6. The van der Waals surface area contributed by atoms with Crippen molar-refractivity contribution < 1.29 is 9.59 Å². The quantitative estimate of drug-likeness (QED) is 0.423. The van der Waals surface area contributed by atoms with Crippen molar-refractivity contribution >= 4 is 27.7 Å². The first-order valence-electron chi connectivity index (χ1n) is 11.3. The van der Waals surface area contributed by atoms with Crippen molar-refractivity contribution in [2.24, 2.45) is 0 Å². The van der Waals surface area contributed by atoms with Gasteiger partial charge in [-0.25, -0.2) is 0 Å². The molecule has 0 saturated heterocycles. The maximum atomic E-state index is 13.7. The number of hydrogen-bond acceptors (Lipinski definition) is 2. The summed E-state index contributed by atoms with van der Waals surface area (Å²) in [6, 6.07) is 23.3. The summed E-state index contributed by atoms with van der Waals surface area (Å²) < 4.78 is 0.944. The number of hydrogen-bond donors (Lipinski definition) is 1. The van der Waals surface area contributed by atoms with Gasteiger partial charge in [-0.2, -0.15) is 0 Å². The van der Waals surface area contributed by atoms with Crippen LogP contribution in [0, 0.1) is 13.8 Å². The molecule has 0 aromatic heterocycles. The molecule has 0 unspecified atom stereocenters. The number of nitrogens with zero attached hydrogens (tertiary/aromatic N) is 1. The van der Waals surface area contributed by atoms with Crippen LogP contribution in [0.1, 0.15) is 34.7 Å². The second-order valence-corrected chi connectivity index (χ2v) is 9.34. The standard InChI is InChI=1S/C28H31BrN2O2/c1-4-30-28(33)26(17-22-9-6-5-7-10-22)31(19-23-11-8-12-25(29)16-23)27(32)18-24-14-20(2)13-21(3)15-24/h5-16,26H,4,17-19H2,1-3H3,(H,30,33)/t26-/m0/s1. The van der Waals surface area contributed by atoms with Gasteiger partial charge in [-0.15, -0.1) is 0 Å². The van der Waals surface area contributed by atoms with Gasteiger partial charge in [0.05, 0.1) is 6.42 Å². The Labute approximate surface area is 205 Å². The summed E-state index contributed by atoms with van der Waals surface area (Å²) in [6.45, 7) is 6.84. The van der Waals surface area contributed by atoms with Gasteiger partial charge < -0.3 is 10.2 Å². The zero-order valence-electron chi connectivity index (χ0n) is 19.5. The maximum absolute atomic E-state index is 13.7. The first-order chi connectivity index (χ1) is 15.9. The average Bonchev–Trinajstić information content (AvgIpc) is 2.76. The van der Waals surface area contributed by atoms with Gasteiger partial charge in [-0.1, -0.05) is 87.7 Å². The van der Waals surface area contributed by atoms with Crippen molar-refractivity contribution in [2.45, 2.75) is 46.2 Å². The number of carbonyl (C=O) groups is 2. The lowest BCUT2D eigenvalue weighted by atomic mass is 10.0. The van der Waals surface area contributed by atoms with Crippen molar-refractivity contribution in [3.8, 4) is 0 Å². The van der Waals surface area contributed by atoms with Crippen LogP contribution in [0.25, 0.3) is 0 Å². The lowest BCUT2D eigenvalue weighted by Crippen LogP contribution is -2.50. The first kappa shape index (κ1) is 24.7. The third kappa shape index (κ3) is 7.29. The van der Waals surface area contributed by atoms with E-state index in [4.69, 9.17) is 0 Å². The second kappa shape index (κ2) is 11.8. The molecule has 0 radical (unpaired) electrons. The highest BCUT2D eigenvalue weighted by Gasteiger charge is 2.30. The number of amides is 2. The van der Waals surface area contributed by atoms with E-state index >= 15 is 0 Å². The first-order valence-corrected chi connectivity index (χ1v) is 12.1. The molecule has 0 spiro atoms. The summed E-state index contributed by atoms with van der Waals surface area (Å²) in [5, 5.41) is 2.94. The van der Waals surface area contributed by atoms with Crippen molar-refractivity contribution in [2.75, 3.05) is 6.54 Å². The minimum Gasteiger partial charge on any atom is -0.355 e. The molecular formula is C28H31BrN2O2. The highest BCUT2D eigenvalue weighted by atomic mass is 79.9. The topological polar surface area (TPSA) is 49.4 Å². The molecule has 0 bridgehead atoms. The Morgan fingerprint density at radius 2 is 1.55 bits per heavy atom. The summed E-state index contributed by atoms with van der Waals surface area (Å²) in [4.78, 5) is 28.6. The van der Waals surface area contributed by atoms with Crippen LogP contribution < -0.4 is 5.32 Å². The maximum Gasteiger partial charge on any atom is 0.243 e. The minimum absolute atomic E-state index is 0.0628. The van der Waals surface area contributed by atoms with Crippen molar-refractivity contribution in [3.63, 3.8) is 0 Å². The lowest BCUT2D eigenvalue weighted by molar-refractivity contribution is -0.140. The number of carbonyl (C=O) groups excluding carboxylic acids is 2. The van der Waals surface area contributed by atoms with Crippen LogP contribution >= 0.6 is 15.9 Å². The molecule has 33 heavy (non-hydrogen) atoms. The Morgan fingerprint density at radius 3 is 2.18 bits per heavy atom. The van der Waals surface area contributed by atoms with Gasteiger partial charge in [0.15, 0.2) is 0 Å². The zero-order valence-corrected chi connectivity index (χ0v) is 21.1. The molecule has 2 amide bonds. The highest BCUT2D eigenvalue weighted by molar-refractivity contribution is 9.10. The fourth-order valence-corrected chi connectivity index (χ4v) is 4.57. The van der Waals surface area contributed by atoms with E-state index in [-0.39, 0.29) is 18.2 Å². The van der Waals surface area contributed by atoms with Gasteiger partial charge in [0.25, 0.3) is 0 Å². The van der Waals surface area contributed by atoms with Crippen molar-refractivity contribution in [1.82, 2.24) is 10.2 Å². The van der Waals surface area contributed by atoms with E-state index in [0.717, 1.165) is 32.3 Å². The summed E-state index contributed by atoms with van der Waals surface area (Å²) >= 11 is 3.52. The van der Waals surface area contributed by atoms with Crippen LogP contribution in [0.5, 0.6) is 0 Å². The van der Waals surface area contributed by atoms with E-state index in [1.165, 1.54) is 0 Å². The van der Waals surface area contributed by atoms with Gasteiger partial charge in [0, 0.05) is 24.0 Å². The third-order valence-electron chi connectivity index (χ3n) is 5.50. The lowest BCUT2D eigenvalue weighted by Gasteiger charge is -2.31. The molecule has 1 atom stereocenters. The van der Waals surface area contributed by atoms with Crippen LogP contribution in [0.15, 0.2) is 77.3 Å². The fraction of sp³-hybridized carbons (Fsp3) is 0.286. The number of halogens is 1. The second-order valence-electron chi connectivity index (χ2n) is 8.42. The molecule has 172 valence electrons. The van der Waals surface area contributed by atoms with Crippen LogP contribution in [0.3, 0.4) is 0 Å².